The number of alkyl halides is 3. The van der Waals surface area contributed by atoms with Crippen LogP contribution in [0.25, 0.3) is 0 Å². The van der Waals surface area contributed by atoms with Crippen molar-refractivity contribution in [3.63, 3.8) is 0 Å². The monoisotopic (exact) mass is 236 g/mol. The second-order valence-corrected chi connectivity index (χ2v) is 5.08. The summed E-state index contributed by atoms with van der Waals surface area (Å²) >= 11 is 0.753. The third-order valence-electron chi connectivity index (χ3n) is 2.96. The van der Waals surface area contributed by atoms with Crippen LogP contribution in [0.5, 0.6) is 0 Å². The van der Waals surface area contributed by atoms with Crippen molar-refractivity contribution >= 4 is 11.3 Å². The predicted octanol–water partition coefficient (Wildman–Crippen LogP) is 3.18. The van der Waals surface area contributed by atoms with Gasteiger partial charge in [-0.1, -0.05) is 0 Å². The van der Waals surface area contributed by atoms with Crippen molar-refractivity contribution in [1.82, 2.24) is 0 Å². The van der Waals surface area contributed by atoms with Crippen molar-refractivity contribution in [3.05, 3.63) is 21.9 Å². The molecule has 1 aliphatic rings. The van der Waals surface area contributed by atoms with Crippen LogP contribution in [0.4, 0.5) is 13.2 Å². The van der Waals surface area contributed by atoms with E-state index in [9.17, 15) is 18.3 Å². The first kappa shape index (κ1) is 11.0. The van der Waals surface area contributed by atoms with Gasteiger partial charge in [0.05, 0.1) is 6.10 Å². The van der Waals surface area contributed by atoms with Gasteiger partial charge >= 0.3 is 6.18 Å². The topological polar surface area (TPSA) is 20.2 Å². The zero-order chi connectivity index (χ0) is 11.3. The van der Waals surface area contributed by atoms with Gasteiger partial charge in [0, 0.05) is 10.3 Å². The van der Waals surface area contributed by atoms with E-state index in [0.717, 1.165) is 30.2 Å². The van der Waals surface area contributed by atoms with E-state index in [-0.39, 0.29) is 0 Å². The Morgan fingerprint density at radius 2 is 2.00 bits per heavy atom. The molecule has 1 aliphatic carbocycles. The Bertz CT molecular complexity index is 363. The fourth-order valence-corrected chi connectivity index (χ4v) is 2.97. The SMILES string of the molecule is CC(O)C1(c2ccc(C(F)(F)F)s2)CC1. The third-order valence-corrected chi connectivity index (χ3v) is 4.31. The van der Waals surface area contributed by atoms with Crippen molar-refractivity contribution < 1.29 is 18.3 Å². The molecule has 1 saturated carbocycles. The quantitative estimate of drug-likeness (QED) is 0.836. The maximum Gasteiger partial charge on any atom is 0.425 e. The first-order valence-corrected chi connectivity index (χ1v) is 5.53. The zero-order valence-electron chi connectivity index (χ0n) is 8.14. The molecule has 0 radical (unpaired) electrons. The van der Waals surface area contributed by atoms with Gasteiger partial charge in [0.1, 0.15) is 4.88 Å². The first-order valence-electron chi connectivity index (χ1n) is 4.72. The molecule has 5 heteroatoms. The molecule has 1 unspecified atom stereocenters. The summed E-state index contributed by atoms with van der Waals surface area (Å²) in [7, 11) is 0. The predicted molar refractivity (Wildman–Crippen MR) is 51.9 cm³/mol. The third kappa shape index (κ3) is 1.78. The molecule has 0 saturated heterocycles. The van der Waals surface area contributed by atoms with Crippen LogP contribution in [0.15, 0.2) is 12.1 Å². The molecule has 0 aliphatic heterocycles. The second-order valence-electron chi connectivity index (χ2n) is 3.99. The summed E-state index contributed by atoms with van der Waals surface area (Å²) in [4.78, 5) is 0.0780. The van der Waals surface area contributed by atoms with E-state index in [1.54, 1.807) is 6.92 Å². The highest BCUT2D eigenvalue weighted by atomic mass is 32.1. The minimum Gasteiger partial charge on any atom is -0.392 e. The molecule has 84 valence electrons. The summed E-state index contributed by atoms with van der Waals surface area (Å²) in [6.07, 6.45) is -3.28. The smallest absolute Gasteiger partial charge is 0.392 e. The molecule has 1 fully saturated rings. The first-order chi connectivity index (χ1) is 6.86. The van der Waals surface area contributed by atoms with E-state index >= 15 is 0 Å². The molecule has 2 rings (SSSR count). The Hall–Kier alpha value is -0.550. The van der Waals surface area contributed by atoms with Gasteiger partial charge < -0.3 is 5.11 Å². The van der Waals surface area contributed by atoms with Crippen molar-refractivity contribution in [3.8, 4) is 0 Å². The van der Waals surface area contributed by atoms with E-state index in [1.165, 1.54) is 6.07 Å². The van der Waals surface area contributed by atoms with Gasteiger partial charge in [-0.25, -0.2) is 0 Å². The van der Waals surface area contributed by atoms with E-state index in [2.05, 4.69) is 0 Å². The van der Waals surface area contributed by atoms with Crippen LogP contribution in [0.2, 0.25) is 0 Å². The number of aliphatic hydroxyl groups is 1. The highest BCUT2D eigenvalue weighted by Gasteiger charge is 2.50. The summed E-state index contributed by atoms with van der Waals surface area (Å²) in [5.41, 5.74) is -0.395. The second kappa shape index (κ2) is 3.22. The lowest BCUT2D eigenvalue weighted by molar-refractivity contribution is -0.134. The average molecular weight is 236 g/mol. The molecule has 0 aromatic carbocycles. The highest BCUT2D eigenvalue weighted by Crippen LogP contribution is 2.54. The largest absolute Gasteiger partial charge is 0.425 e. The molecular weight excluding hydrogens is 225 g/mol. The van der Waals surface area contributed by atoms with Gasteiger partial charge in [-0.05, 0) is 31.9 Å². The molecule has 0 amide bonds. The molecule has 1 nitrogen and oxygen atoms in total. The van der Waals surface area contributed by atoms with Gasteiger partial charge in [0.15, 0.2) is 0 Å². The van der Waals surface area contributed by atoms with Crippen molar-refractivity contribution in [2.24, 2.45) is 0 Å². The molecular formula is C10H11F3OS. The Morgan fingerprint density at radius 1 is 1.40 bits per heavy atom. The molecule has 1 N–H and O–H groups in total. The highest BCUT2D eigenvalue weighted by molar-refractivity contribution is 7.12. The van der Waals surface area contributed by atoms with Crippen molar-refractivity contribution in [2.75, 3.05) is 0 Å². The van der Waals surface area contributed by atoms with Crippen LogP contribution in [0.3, 0.4) is 0 Å². The molecule has 1 aromatic heterocycles. The number of aliphatic hydroxyl groups excluding tert-OH is 1. The fourth-order valence-electron chi connectivity index (χ4n) is 1.76. The fraction of sp³-hybridized carbons (Fsp3) is 0.600. The molecule has 1 heterocycles. The van der Waals surface area contributed by atoms with Gasteiger partial charge in [-0.15, -0.1) is 11.3 Å². The lowest BCUT2D eigenvalue weighted by Crippen LogP contribution is -2.21. The number of halogens is 3. The number of thiophene rings is 1. The van der Waals surface area contributed by atoms with E-state index in [4.69, 9.17) is 0 Å². The summed E-state index contributed by atoms with van der Waals surface area (Å²) in [5.74, 6) is 0. The van der Waals surface area contributed by atoms with Gasteiger partial charge in [0.2, 0.25) is 0 Å². The summed E-state index contributed by atoms with van der Waals surface area (Å²) in [5, 5.41) is 9.53. The van der Waals surface area contributed by atoms with Gasteiger partial charge in [-0.3, -0.25) is 0 Å². The number of hydrogen-bond acceptors (Lipinski definition) is 2. The molecule has 0 spiro atoms. The van der Waals surface area contributed by atoms with Crippen LogP contribution < -0.4 is 0 Å². The Morgan fingerprint density at radius 3 is 2.33 bits per heavy atom. The Balaban J connectivity index is 2.29. The van der Waals surface area contributed by atoms with E-state index < -0.39 is 22.6 Å². The Labute approximate surface area is 89.5 Å². The lowest BCUT2D eigenvalue weighted by atomic mass is 9.99. The molecule has 0 bridgehead atoms. The summed E-state index contributed by atoms with van der Waals surface area (Å²) in [6, 6.07) is 2.59. The molecule has 1 atom stereocenters. The standard InChI is InChI=1S/C10H11F3OS/c1-6(14)9(4-5-9)7-2-3-8(15-7)10(11,12)13/h2-3,6,14H,4-5H2,1H3. The number of hydrogen-bond donors (Lipinski definition) is 1. The van der Waals surface area contributed by atoms with E-state index in [0.29, 0.717) is 4.88 Å². The van der Waals surface area contributed by atoms with Crippen LogP contribution in [-0.4, -0.2) is 11.2 Å². The zero-order valence-corrected chi connectivity index (χ0v) is 8.95. The molecule has 15 heavy (non-hydrogen) atoms. The lowest BCUT2D eigenvalue weighted by Gasteiger charge is -2.16. The maximum absolute atomic E-state index is 12.4. The Kier molecular flexibility index (Phi) is 2.35. The van der Waals surface area contributed by atoms with Crippen LogP contribution in [0, 0.1) is 0 Å². The van der Waals surface area contributed by atoms with Crippen LogP contribution in [0.1, 0.15) is 29.5 Å². The minimum atomic E-state index is -4.27. The minimum absolute atomic E-state index is 0.395. The van der Waals surface area contributed by atoms with Crippen LogP contribution in [-0.2, 0) is 11.6 Å². The van der Waals surface area contributed by atoms with Gasteiger partial charge in [-0.2, -0.15) is 13.2 Å². The van der Waals surface area contributed by atoms with Gasteiger partial charge in [0.25, 0.3) is 0 Å². The normalized spacial score (nSPS) is 21.4. The van der Waals surface area contributed by atoms with E-state index in [1.807, 2.05) is 0 Å². The summed E-state index contributed by atoms with van der Waals surface area (Å²) in [6.45, 7) is 1.64. The number of rotatable bonds is 2. The average Bonchev–Trinajstić information content (AvgIpc) is 2.75. The van der Waals surface area contributed by atoms with Crippen molar-refractivity contribution in [1.29, 1.82) is 0 Å². The summed E-state index contributed by atoms with van der Waals surface area (Å²) < 4.78 is 37.1. The van der Waals surface area contributed by atoms with Crippen LogP contribution >= 0.6 is 11.3 Å². The van der Waals surface area contributed by atoms with Crippen molar-refractivity contribution in [2.45, 2.75) is 37.5 Å². The molecule has 1 aromatic rings. The maximum atomic E-state index is 12.4.